The smallest absolute Gasteiger partial charge is 0.137 e. The lowest BCUT2D eigenvalue weighted by Crippen LogP contribution is -1.77. The molecule has 0 atom stereocenters. The molecule has 0 unspecified atom stereocenters. The summed E-state index contributed by atoms with van der Waals surface area (Å²) in [6, 6.07) is 4.94. The standard InChI is InChI=1S/C9H7FO/c1-6-4-8(10)7-2-3-11-9(7)5-6/h2-5H,1H3. The van der Waals surface area contributed by atoms with Crippen molar-refractivity contribution in [1.82, 2.24) is 0 Å². The molecule has 0 aliphatic carbocycles. The van der Waals surface area contributed by atoms with Crippen LogP contribution in [0.25, 0.3) is 11.0 Å². The Bertz CT molecular complexity index is 389. The van der Waals surface area contributed by atoms with Gasteiger partial charge in [0.15, 0.2) is 0 Å². The molecule has 2 heteroatoms. The molecule has 0 bridgehead atoms. The molecule has 0 N–H and O–H groups in total. The molecule has 0 saturated heterocycles. The number of hydrogen-bond donors (Lipinski definition) is 0. The predicted octanol–water partition coefficient (Wildman–Crippen LogP) is 2.88. The number of aryl methyl sites for hydroxylation is 1. The van der Waals surface area contributed by atoms with Gasteiger partial charge in [-0.1, -0.05) is 0 Å². The third-order valence-electron chi connectivity index (χ3n) is 1.67. The number of halogens is 1. The summed E-state index contributed by atoms with van der Waals surface area (Å²) in [5.74, 6) is -0.214. The van der Waals surface area contributed by atoms with E-state index in [0.717, 1.165) is 5.56 Å². The predicted molar refractivity (Wildman–Crippen MR) is 40.9 cm³/mol. The molecule has 0 radical (unpaired) electrons. The van der Waals surface area contributed by atoms with Gasteiger partial charge >= 0.3 is 0 Å². The van der Waals surface area contributed by atoms with Gasteiger partial charge in [-0.05, 0) is 30.7 Å². The lowest BCUT2D eigenvalue weighted by atomic mass is 10.2. The minimum absolute atomic E-state index is 0.214. The van der Waals surface area contributed by atoms with E-state index in [-0.39, 0.29) is 5.82 Å². The average molecular weight is 150 g/mol. The van der Waals surface area contributed by atoms with Crippen molar-refractivity contribution in [2.24, 2.45) is 0 Å². The summed E-state index contributed by atoms with van der Waals surface area (Å²) < 4.78 is 18.1. The van der Waals surface area contributed by atoms with E-state index < -0.39 is 0 Å². The number of hydrogen-bond acceptors (Lipinski definition) is 1. The van der Waals surface area contributed by atoms with Crippen molar-refractivity contribution in [3.63, 3.8) is 0 Å². The topological polar surface area (TPSA) is 13.1 Å². The summed E-state index contributed by atoms with van der Waals surface area (Å²) in [4.78, 5) is 0. The second kappa shape index (κ2) is 2.09. The molecule has 0 amide bonds. The van der Waals surface area contributed by atoms with Crippen LogP contribution in [0, 0.1) is 12.7 Å². The average Bonchev–Trinajstić information content (AvgIpc) is 2.34. The van der Waals surface area contributed by atoms with Crippen LogP contribution in [0.3, 0.4) is 0 Å². The third-order valence-corrected chi connectivity index (χ3v) is 1.67. The van der Waals surface area contributed by atoms with Gasteiger partial charge < -0.3 is 4.42 Å². The summed E-state index contributed by atoms with van der Waals surface area (Å²) in [5, 5.41) is 0.551. The van der Waals surface area contributed by atoms with Crippen LogP contribution in [0.15, 0.2) is 28.9 Å². The molecule has 0 spiro atoms. The molecule has 0 saturated carbocycles. The van der Waals surface area contributed by atoms with Crippen molar-refractivity contribution in [3.05, 3.63) is 35.8 Å². The van der Waals surface area contributed by atoms with E-state index in [1.54, 1.807) is 6.07 Å². The van der Waals surface area contributed by atoms with Crippen LogP contribution in [-0.2, 0) is 0 Å². The molecule has 11 heavy (non-hydrogen) atoms. The summed E-state index contributed by atoms with van der Waals surface area (Å²) in [6.45, 7) is 1.84. The molecule has 1 aromatic heterocycles. The highest BCUT2D eigenvalue weighted by atomic mass is 19.1. The van der Waals surface area contributed by atoms with E-state index in [1.165, 1.54) is 12.3 Å². The van der Waals surface area contributed by atoms with Gasteiger partial charge in [0.2, 0.25) is 0 Å². The Hall–Kier alpha value is -1.31. The maximum atomic E-state index is 13.0. The van der Waals surface area contributed by atoms with Gasteiger partial charge in [0.1, 0.15) is 11.4 Å². The zero-order valence-electron chi connectivity index (χ0n) is 6.10. The van der Waals surface area contributed by atoms with Crippen LogP contribution >= 0.6 is 0 Å². The molecule has 0 aliphatic heterocycles. The van der Waals surface area contributed by atoms with Crippen LogP contribution in [0.5, 0.6) is 0 Å². The minimum atomic E-state index is -0.214. The van der Waals surface area contributed by atoms with Crippen molar-refractivity contribution in [3.8, 4) is 0 Å². The van der Waals surface area contributed by atoms with E-state index >= 15 is 0 Å². The van der Waals surface area contributed by atoms with Crippen molar-refractivity contribution < 1.29 is 8.81 Å². The maximum Gasteiger partial charge on any atom is 0.137 e. The number of fused-ring (bicyclic) bond motifs is 1. The Morgan fingerprint density at radius 2 is 2.18 bits per heavy atom. The number of furan rings is 1. The van der Waals surface area contributed by atoms with Crippen molar-refractivity contribution >= 4 is 11.0 Å². The van der Waals surface area contributed by atoms with Crippen LogP contribution in [-0.4, -0.2) is 0 Å². The first kappa shape index (κ1) is 6.40. The molecular weight excluding hydrogens is 143 g/mol. The molecule has 1 aromatic carbocycles. The monoisotopic (exact) mass is 150 g/mol. The van der Waals surface area contributed by atoms with E-state index in [1.807, 2.05) is 13.0 Å². The zero-order valence-corrected chi connectivity index (χ0v) is 6.10. The fourth-order valence-electron chi connectivity index (χ4n) is 1.16. The SMILES string of the molecule is Cc1cc(F)c2ccoc2c1. The molecule has 2 rings (SSSR count). The lowest BCUT2D eigenvalue weighted by molar-refractivity contribution is 0.610. The van der Waals surface area contributed by atoms with Gasteiger partial charge in [0.25, 0.3) is 0 Å². The van der Waals surface area contributed by atoms with Crippen LogP contribution < -0.4 is 0 Å². The van der Waals surface area contributed by atoms with Gasteiger partial charge in [-0.25, -0.2) is 4.39 Å². The fraction of sp³-hybridized carbons (Fsp3) is 0.111. The lowest BCUT2D eigenvalue weighted by Gasteiger charge is -1.93. The largest absolute Gasteiger partial charge is 0.464 e. The highest BCUT2D eigenvalue weighted by Crippen LogP contribution is 2.20. The minimum Gasteiger partial charge on any atom is -0.464 e. The van der Waals surface area contributed by atoms with E-state index in [9.17, 15) is 4.39 Å². The first-order valence-corrected chi connectivity index (χ1v) is 3.41. The van der Waals surface area contributed by atoms with Gasteiger partial charge in [0, 0.05) is 0 Å². The quantitative estimate of drug-likeness (QED) is 0.562. The normalized spacial score (nSPS) is 10.7. The maximum absolute atomic E-state index is 13.0. The molecule has 0 aliphatic rings. The van der Waals surface area contributed by atoms with Crippen LogP contribution in [0.2, 0.25) is 0 Å². The van der Waals surface area contributed by atoms with Gasteiger partial charge in [0.05, 0.1) is 11.6 Å². The Morgan fingerprint density at radius 1 is 1.36 bits per heavy atom. The second-order valence-electron chi connectivity index (χ2n) is 2.58. The summed E-state index contributed by atoms with van der Waals surface area (Å²) >= 11 is 0. The van der Waals surface area contributed by atoms with Crippen molar-refractivity contribution in [2.45, 2.75) is 6.92 Å². The molecule has 2 aromatic rings. The Kier molecular flexibility index (Phi) is 1.22. The first-order valence-electron chi connectivity index (χ1n) is 3.41. The first-order chi connectivity index (χ1) is 5.27. The Morgan fingerprint density at radius 3 is 3.00 bits per heavy atom. The second-order valence-corrected chi connectivity index (χ2v) is 2.58. The molecule has 1 heterocycles. The van der Waals surface area contributed by atoms with E-state index in [4.69, 9.17) is 4.42 Å². The van der Waals surface area contributed by atoms with Gasteiger partial charge in [-0.2, -0.15) is 0 Å². The summed E-state index contributed by atoms with van der Waals surface area (Å²) in [6.07, 6.45) is 1.49. The van der Waals surface area contributed by atoms with Crippen LogP contribution in [0.4, 0.5) is 4.39 Å². The summed E-state index contributed by atoms with van der Waals surface area (Å²) in [5.41, 5.74) is 1.49. The number of rotatable bonds is 0. The van der Waals surface area contributed by atoms with E-state index in [0.29, 0.717) is 11.0 Å². The molecule has 1 nitrogen and oxygen atoms in total. The zero-order chi connectivity index (χ0) is 7.84. The highest BCUT2D eigenvalue weighted by Gasteiger charge is 2.02. The van der Waals surface area contributed by atoms with Crippen molar-refractivity contribution in [1.29, 1.82) is 0 Å². The summed E-state index contributed by atoms with van der Waals surface area (Å²) in [7, 11) is 0. The van der Waals surface area contributed by atoms with Crippen molar-refractivity contribution in [2.75, 3.05) is 0 Å². The van der Waals surface area contributed by atoms with Gasteiger partial charge in [-0.3, -0.25) is 0 Å². The fourth-order valence-corrected chi connectivity index (χ4v) is 1.16. The number of benzene rings is 1. The molecule has 56 valence electrons. The Balaban J connectivity index is 2.91. The third kappa shape index (κ3) is 0.909. The van der Waals surface area contributed by atoms with Crippen LogP contribution in [0.1, 0.15) is 5.56 Å². The van der Waals surface area contributed by atoms with E-state index in [2.05, 4.69) is 0 Å². The highest BCUT2D eigenvalue weighted by molar-refractivity contribution is 5.78. The van der Waals surface area contributed by atoms with Gasteiger partial charge in [-0.15, -0.1) is 0 Å². The Labute approximate surface area is 63.4 Å². The molecular formula is C9H7FO. The molecule has 0 fully saturated rings.